The molecular weight excluding hydrogens is 286 g/mol. The second-order valence-corrected chi connectivity index (χ2v) is 5.82. The highest BCUT2D eigenvalue weighted by atomic mass is 32.1. The first-order chi connectivity index (χ1) is 10.1. The normalized spacial score (nSPS) is 12.0. The van der Waals surface area contributed by atoms with Crippen molar-refractivity contribution < 1.29 is 9.90 Å². The molecule has 21 heavy (non-hydrogen) atoms. The molecule has 2 aromatic heterocycles. The van der Waals surface area contributed by atoms with Crippen LogP contribution in [0.4, 0.5) is 0 Å². The van der Waals surface area contributed by atoms with Gasteiger partial charge in [0.1, 0.15) is 5.01 Å². The first-order valence-electron chi connectivity index (χ1n) is 6.39. The molecule has 0 atom stereocenters. The second kappa shape index (κ2) is 5.14. The van der Waals surface area contributed by atoms with Crippen LogP contribution in [-0.4, -0.2) is 25.7 Å². The van der Waals surface area contributed by atoms with Gasteiger partial charge in [0.25, 0.3) is 0 Å². The third-order valence-electron chi connectivity index (χ3n) is 3.08. The third kappa shape index (κ3) is 2.45. The van der Waals surface area contributed by atoms with Crippen LogP contribution in [-0.2, 0) is 4.79 Å². The number of aromatic nitrogens is 3. The van der Waals surface area contributed by atoms with Crippen LogP contribution in [0, 0.1) is 6.92 Å². The van der Waals surface area contributed by atoms with E-state index >= 15 is 0 Å². The van der Waals surface area contributed by atoms with Crippen molar-refractivity contribution in [2.24, 2.45) is 0 Å². The predicted molar refractivity (Wildman–Crippen MR) is 82.3 cm³/mol. The molecule has 0 aliphatic rings. The largest absolute Gasteiger partial charge is 0.478 e. The number of hydrogen-bond acceptors (Lipinski definition) is 4. The SMILES string of the molecule is C/C(=C\c1c(-c2ccccc2)nc2sc(C)nn12)C(=O)O. The van der Waals surface area contributed by atoms with Crippen LogP contribution in [0.1, 0.15) is 17.6 Å². The summed E-state index contributed by atoms with van der Waals surface area (Å²) in [5.74, 6) is -0.948. The number of carboxylic acids is 1. The molecule has 0 radical (unpaired) electrons. The van der Waals surface area contributed by atoms with Crippen LogP contribution in [0.25, 0.3) is 22.3 Å². The maximum Gasteiger partial charge on any atom is 0.331 e. The maximum atomic E-state index is 11.1. The molecule has 3 aromatic rings. The van der Waals surface area contributed by atoms with Gasteiger partial charge < -0.3 is 5.11 Å². The van der Waals surface area contributed by atoms with E-state index in [0.717, 1.165) is 21.2 Å². The molecule has 0 aliphatic carbocycles. The topological polar surface area (TPSA) is 67.5 Å². The molecule has 0 saturated heterocycles. The van der Waals surface area contributed by atoms with Gasteiger partial charge in [0, 0.05) is 11.1 Å². The first-order valence-corrected chi connectivity index (χ1v) is 7.21. The predicted octanol–water partition coefficient (Wildman–Crippen LogP) is 3.25. The molecule has 0 amide bonds. The van der Waals surface area contributed by atoms with Crippen LogP contribution < -0.4 is 0 Å². The van der Waals surface area contributed by atoms with Gasteiger partial charge in [-0.3, -0.25) is 0 Å². The molecule has 1 N–H and O–H groups in total. The number of fused-ring (bicyclic) bond motifs is 1. The number of carboxylic acid groups (broad SMARTS) is 1. The molecule has 106 valence electrons. The minimum atomic E-state index is -0.948. The van der Waals surface area contributed by atoms with E-state index in [4.69, 9.17) is 5.11 Å². The molecule has 5 nitrogen and oxygen atoms in total. The van der Waals surface area contributed by atoms with E-state index in [1.807, 2.05) is 37.3 Å². The summed E-state index contributed by atoms with van der Waals surface area (Å²) in [5, 5.41) is 14.4. The first kappa shape index (κ1) is 13.5. The Bertz CT molecular complexity index is 847. The Hall–Kier alpha value is -2.47. The van der Waals surface area contributed by atoms with Crippen LogP contribution in [0.15, 0.2) is 35.9 Å². The van der Waals surface area contributed by atoms with E-state index in [-0.39, 0.29) is 5.57 Å². The van der Waals surface area contributed by atoms with E-state index in [1.165, 1.54) is 11.3 Å². The third-order valence-corrected chi connectivity index (χ3v) is 3.90. The van der Waals surface area contributed by atoms with Crippen LogP contribution in [0.3, 0.4) is 0 Å². The summed E-state index contributed by atoms with van der Waals surface area (Å²) in [4.78, 5) is 16.5. The average molecular weight is 299 g/mol. The van der Waals surface area contributed by atoms with Gasteiger partial charge in [0.15, 0.2) is 0 Å². The van der Waals surface area contributed by atoms with Gasteiger partial charge in [-0.25, -0.2) is 14.3 Å². The van der Waals surface area contributed by atoms with Crippen molar-refractivity contribution in [3.8, 4) is 11.3 Å². The number of aliphatic carboxylic acids is 1. The van der Waals surface area contributed by atoms with Crippen molar-refractivity contribution in [2.45, 2.75) is 13.8 Å². The molecule has 0 saturated carbocycles. The van der Waals surface area contributed by atoms with Crippen molar-refractivity contribution in [1.82, 2.24) is 14.6 Å². The minimum Gasteiger partial charge on any atom is -0.478 e. The molecule has 3 rings (SSSR count). The quantitative estimate of drug-likeness (QED) is 0.754. The summed E-state index contributed by atoms with van der Waals surface area (Å²) >= 11 is 1.48. The lowest BCUT2D eigenvalue weighted by atomic mass is 10.1. The average Bonchev–Trinajstić information content (AvgIpc) is 2.97. The van der Waals surface area contributed by atoms with Crippen molar-refractivity contribution in [1.29, 1.82) is 0 Å². The van der Waals surface area contributed by atoms with Gasteiger partial charge in [0.05, 0.1) is 11.4 Å². The van der Waals surface area contributed by atoms with Gasteiger partial charge in [-0.15, -0.1) is 0 Å². The van der Waals surface area contributed by atoms with E-state index in [2.05, 4.69) is 10.1 Å². The van der Waals surface area contributed by atoms with Crippen molar-refractivity contribution in [3.63, 3.8) is 0 Å². The van der Waals surface area contributed by atoms with Crippen molar-refractivity contribution in [2.75, 3.05) is 0 Å². The van der Waals surface area contributed by atoms with Gasteiger partial charge in [0.2, 0.25) is 4.96 Å². The lowest BCUT2D eigenvalue weighted by molar-refractivity contribution is -0.132. The Morgan fingerprint density at radius 1 is 1.33 bits per heavy atom. The fraction of sp³-hybridized carbons (Fsp3) is 0.133. The number of rotatable bonds is 3. The van der Waals surface area contributed by atoms with Crippen molar-refractivity contribution >= 4 is 28.3 Å². The summed E-state index contributed by atoms with van der Waals surface area (Å²) in [6.07, 6.45) is 1.61. The van der Waals surface area contributed by atoms with Crippen molar-refractivity contribution in [3.05, 3.63) is 46.6 Å². The molecular formula is C15H13N3O2S. The number of carbonyl (C=O) groups is 1. The van der Waals surface area contributed by atoms with E-state index < -0.39 is 5.97 Å². The second-order valence-electron chi connectivity index (χ2n) is 4.66. The van der Waals surface area contributed by atoms with Gasteiger partial charge in [-0.2, -0.15) is 5.10 Å². The molecule has 0 bridgehead atoms. The lowest BCUT2D eigenvalue weighted by Gasteiger charge is -2.00. The number of imidazole rings is 1. The van der Waals surface area contributed by atoms with E-state index in [1.54, 1.807) is 17.5 Å². The van der Waals surface area contributed by atoms with Gasteiger partial charge in [-0.05, 0) is 19.9 Å². The molecule has 1 aromatic carbocycles. The number of benzene rings is 1. The Kier molecular flexibility index (Phi) is 3.31. The summed E-state index contributed by atoms with van der Waals surface area (Å²) in [7, 11) is 0. The van der Waals surface area contributed by atoms with E-state index in [0.29, 0.717) is 5.69 Å². The molecule has 0 aliphatic heterocycles. The zero-order chi connectivity index (χ0) is 15.0. The zero-order valence-electron chi connectivity index (χ0n) is 11.6. The summed E-state index contributed by atoms with van der Waals surface area (Å²) in [5.41, 5.74) is 2.63. The van der Waals surface area contributed by atoms with Gasteiger partial charge >= 0.3 is 5.97 Å². The number of aryl methyl sites for hydroxylation is 1. The fourth-order valence-corrected chi connectivity index (χ4v) is 2.81. The Balaban J connectivity index is 2.27. The summed E-state index contributed by atoms with van der Waals surface area (Å²) < 4.78 is 1.70. The molecule has 0 spiro atoms. The molecule has 6 heteroatoms. The van der Waals surface area contributed by atoms with E-state index in [9.17, 15) is 4.79 Å². The van der Waals surface area contributed by atoms with Crippen LogP contribution >= 0.6 is 11.3 Å². The smallest absolute Gasteiger partial charge is 0.331 e. The van der Waals surface area contributed by atoms with Crippen LogP contribution in [0.5, 0.6) is 0 Å². The monoisotopic (exact) mass is 299 g/mol. The Morgan fingerprint density at radius 2 is 2.05 bits per heavy atom. The number of nitrogens with zero attached hydrogens (tertiary/aromatic N) is 3. The summed E-state index contributed by atoms with van der Waals surface area (Å²) in [6, 6.07) is 9.69. The molecule has 0 unspecified atom stereocenters. The molecule has 2 heterocycles. The van der Waals surface area contributed by atoms with Crippen LogP contribution in [0.2, 0.25) is 0 Å². The van der Waals surface area contributed by atoms with Gasteiger partial charge in [-0.1, -0.05) is 41.7 Å². The highest BCUT2D eigenvalue weighted by molar-refractivity contribution is 7.16. The highest BCUT2D eigenvalue weighted by Crippen LogP contribution is 2.28. The molecule has 0 fully saturated rings. The maximum absolute atomic E-state index is 11.1. The Labute approximate surface area is 125 Å². The number of hydrogen-bond donors (Lipinski definition) is 1. The standard InChI is InChI=1S/C15H13N3O2S/c1-9(14(19)20)8-12-13(11-6-4-3-5-7-11)16-15-18(12)17-10(2)21-15/h3-8H,1-2H3,(H,19,20)/b9-8+. The zero-order valence-corrected chi connectivity index (χ0v) is 12.4. The highest BCUT2D eigenvalue weighted by Gasteiger charge is 2.16. The minimum absolute atomic E-state index is 0.250. The summed E-state index contributed by atoms with van der Waals surface area (Å²) in [6.45, 7) is 3.47. The Morgan fingerprint density at radius 3 is 2.71 bits per heavy atom. The fourth-order valence-electron chi connectivity index (χ4n) is 2.06. The lowest BCUT2D eigenvalue weighted by Crippen LogP contribution is -1.98.